The number of ether oxygens (including phenoxy) is 1. The highest BCUT2D eigenvalue weighted by atomic mass is 16.5. The predicted octanol–water partition coefficient (Wildman–Crippen LogP) is 0.00620. The first-order valence-corrected chi connectivity index (χ1v) is 5.15. The molecule has 0 saturated carbocycles. The van der Waals surface area contributed by atoms with Crippen LogP contribution in [-0.4, -0.2) is 47.8 Å². The molecule has 80 valence electrons. The summed E-state index contributed by atoms with van der Waals surface area (Å²) < 4.78 is 5.33. The van der Waals surface area contributed by atoms with Crippen molar-refractivity contribution in [1.29, 1.82) is 0 Å². The molecular weight excluding hydrogens is 182 g/mol. The zero-order valence-corrected chi connectivity index (χ0v) is 8.53. The second-order valence-electron chi connectivity index (χ2n) is 4.56. The number of hydrogen-bond donors (Lipinski definition) is 1. The highest BCUT2D eigenvalue weighted by Crippen LogP contribution is 2.31. The molecule has 2 rings (SSSR count). The summed E-state index contributed by atoms with van der Waals surface area (Å²) in [6, 6.07) is 0. The van der Waals surface area contributed by atoms with Gasteiger partial charge >= 0.3 is 0 Å². The number of aliphatic hydroxyl groups is 1. The van der Waals surface area contributed by atoms with Crippen LogP contribution in [0.2, 0.25) is 0 Å². The second kappa shape index (κ2) is 3.51. The van der Waals surface area contributed by atoms with E-state index in [0.29, 0.717) is 19.6 Å². The van der Waals surface area contributed by atoms with Gasteiger partial charge in [0, 0.05) is 32.1 Å². The van der Waals surface area contributed by atoms with Crippen molar-refractivity contribution in [2.45, 2.75) is 25.3 Å². The summed E-state index contributed by atoms with van der Waals surface area (Å²) in [4.78, 5) is 13.6. The van der Waals surface area contributed by atoms with Crippen LogP contribution in [0.25, 0.3) is 0 Å². The summed E-state index contributed by atoms with van der Waals surface area (Å²) in [7, 11) is 0. The summed E-state index contributed by atoms with van der Waals surface area (Å²) in [5.74, 6) is 0.289. The Morgan fingerprint density at radius 2 is 2.50 bits per heavy atom. The van der Waals surface area contributed by atoms with Crippen molar-refractivity contribution in [2.75, 3.05) is 26.4 Å². The van der Waals surface area contributed by atoms with E-state index in [1.165, 1.54) is 0 Å². The molecule has 0 aromatic rings. The molecule has 0 radical (unpaired) electrons. The molecule has 2 heterocycles. The molecule has 2 aliphatic rings. The van der Waals surface area contributed by atoms with Crippen molar-refractivity contribution in [2.24, 2.45) is 5.92 Å². The molecule has 0 aromatic carbocycles. The molecule has 1 N–H and O–H groups in total. The van der Waals surface area contributed by atoms with E-state index in [9.17, 15) is 4.79 Å². The number of likely N-dealkylation sites (tertiary alicyclic amines) is 1. The van der Waals surface area contributed by atoms with Gasteiger partial charge in [-0.3, -0.25) is 4.79 Å². The normalized spacial score (nSPS) is 38.3. The van der Waals surface area contributed by atoms with Gasteiger partial charge in [0.25, 0.3) is 0 Å². The van der Waals surface area contributed by atoms with Gasteiger partial charge in [-0.05, 0) is 13.3 Å². The van der Waals surface area contributed by atoms with E-state index in [-0.39, 0.29) is 24.0 Å². The van der Waals surface area contributed by atoms with E-state index in [4.69, 9.17) is 9.84 Å². The van der Waals surface area contributed by atoms with E-state index < -0.39 is 0 Å². The highest BCUT2D eigenvalue weighted by Gasteiger charge is 2.43. The second-order valence-corrected chi connectivity index (χ2v) is 4.56. The summed E-state index contributed by atoms with van der Waals surface area (Å²) in [5.41, 5.74) is -0.124. The molecule has 1 amide bonds. The van der Waals surface area contributed by atoms with Crippen LogP contribution >= 0.6 is 0 Å². The lowest BCUT2D eigenvalue weighted by atomic mass is 9.99. The van der Waals surface area contributed by atoms with E-state index in [2.05, 4.69) is 6.92 Å². The largest absolute Gasteiger partial charge is 0.396 e. The molecule has 0 aliphatic carbocycles. The van der Waals surface area contributed by atoms with Gasteiger partial charge in [0.1, 0.15) is 0 Å². The van der Waals surface area contributed by atoms with E-state index in [1.54, 1.807) is 0 Å². The Labute approximate surface area is 83.8 Å². The van der Waals surface area contributed by atoms with E-state index >= 15 is 0 Å². The monoisotopic (exact) mass is 199 g/mol. The van der Waals surface area contributed by atoms with Crippen molar-refractivity contribution in [3.05, 3.63) is 0 Å². The fourth-order valence-corrected chi connectivity index (χ4v) is 2.29. The number of aliphatic hydroxyl groups excluding tert-OH is 1. The van der Waals surface area contributed by atoms with Crippen LogP contribution in [0, 0.1) is 5.92 Å². The number of amides is 1. The fraction of sp³-hybridized carbons (Fsp3) is 0.900. The number of carbonyl (C=O) groups excluding carboxylic acids is 1. The predicted molar refractivity (Wildman–Crippen MR) is 50.7 cm³/mol. The summed E-state index contributed by atoms with van der Waals surface area (Å²) in [6.45, 7) is 4.24. The highest BCUT2D eigenvalue weighted by molar-refractivity contribution is 5.79. The Morgan fingerprint density at radius 1 is 1.71 bits per heavy atom. The number of hydrogen-bond acceptors (Lipinski definition) is 3. The van der Waals surface area contributed by atoms with Gasteiger partial charge in [0.05, 0.1) is 12.1 Å². The van der Waals surface area contributed by atoms with Gasteiger partial charge in [-0.15, -0.1) is 0 Å². The van der Waals surface area contributed by atoms with Crippen LogP contribution in [0.5, 0.6) is 0 Å². The van der Waals surface area contributed by atoms with Crippen molar-refractivity contribution in [3.8, 4) is 0 Å². The van der Waals surface area contributed by atoms with Crippen LogP contribution < -0.4 is 0 Å². The smallest absolute Gasteiger partial charge is 0.223 e. The van der Waals surface area contributed by atoms with Gasteiger partial charge in [0.15, 0.2) is 0 Å². The van der Waals surface area contributed by atoms with Crippen molar-refractivity contribution in [1.82, 2.24) is 4.90 Å². The van der Waals surface area contributed by atoms with Crippen LogP contribution in [0.15, 0.2) is 0 Å². The van der Waals surface area contributed by atoms with Gasteiger partial charge in [0.2, 0.25) is 5.91 Å². The molecule has 2 unspecified atom stereocenters. The Morgan fingerprint density at radius 3 is 3.00 bits per heavy atom. The Balaban J connectivity index is 2.07. The molecule has 2 fully saturated rings. The van der Waals surface area contributed by atoms with Crippen molar-refractivity contribution < 1.29 is 14.6 Å². The molecule has 4 heteroatoms. The van der Waals surface area contributed by atoms with Crippen molar-refractivity contribution in [3.63, 3.8) is 0 Å². The molecule has 0 spiro atoms. The van der Waals surface area contributed by atoms with Gasteiger partial charge in [-0.25, -0.2) is 0 Å². The topological polar surface area (TPSA) is 49.8 Å². The minimum absolute atomic E-state index is 0.110. The average molecular weight is 199 g/mol. The first kappa shape index (κ1) is 9.93. The molecular formula is C10H17NO3. The van der Waals surface area contributed by atoms with Crippen LogP contribution in [-0.2, 0) is 9.53 Å². The molecule has 4 nitrogen and oxygen atoms in total. The van der Waals surface area contributed by atoms with Gasteiger partial charge in [-0.1, -0.05) is 0 Å². The Kier molecular flexibility index (Phi) is 2.49. The van der Waals surface area contributed by atoms with Crippen LogP contribution in [0.4, 0.5) is 0 Å². The molecule has 14 heavy (non-hydrogen) atoms. The lowest BCUT2D eigenvalue weighted by molar-refractivity contribution is -0.132. The lowest BCUT2D eigenvalue weighted by Crippen LogP contribution is -2.47. The third kappa shape index (κ3) is 1.53. The number of carbonyl (C=O) groups is 1. The van der Waals surface area contributed by atoms with Crippen LogP contribution in [0.3, 0.4) is 0 Å². The van der Waals surface area contributed by atoms with Gasteiger partial charge in [-0.2, -0.15) is 0 Å². The minimum Gasteiger partial charge on any atom is -0.396 e. The maximum Gasteiger partial charge on any atom is 0.223 e. The summed E-state index contributed by atoms with van der Waals surface area (Å²) in [6.07, 6.45) is 1.41. The maximum absolute atomic E-state index is 11.7. The van der Waals surface area contributed by atoms with E-state index in [0.717, 1.165) is 13.0 Å². The first-order chi connectivity index (χ1) is 6.65. The van der Waals surface area contributed by atoms with E-state index in [1.807, 2.05) is 4.90 Å². The Hall–Kier alpha value is -0.610. The van der Waals surface area contributed by atoms with Gasteiger partial charge < -0.3 is 14.7 Å². The summed E-state index contributed by atoms with van der Waals surface area (Å²) in [5, 5.41) is 9.02. The molecule has 2 saturated heterocycles. The Bertz CT molecular complexity index is 236. The van der Waals surface area contributed by atoms with Crippen molar-refractivity contribution >= 4 is 5.91 Å². The third-order valence-electron chi connectivity index (χ3n) is 3.31. The SMILES string of the molecule is CC1(N2CC(CO)CC2=O)CCOC1. The molecule has 2 atom stereocenters. The zero-order valence-electron chi connectivity index (χ0n) is 8.53. The molecule has 0 bridgehead atoms. The van der Waals surface area contributed by atoms with Crippen LogP contribution in [0.1, 0.15) is 19.8 Å². The summed E-state index contributed by atoms with van der Waals surface area (Å²) >= 11 is 0. The number of nitrogens with zero attached hydrogens (tertiary/aromatic N) is 1. The average Bonchev–Trinajstić information content (AvgIpc) is 2.73. The molecule has 0 aromatic heterocycles. The third-order valence-corrected chi connectivity index (χ3v) is 3.31. The standard InChI is InChI=1S/C10H17NO3/c1-10(2-3-14-7-10)11-5-8(6-12)4-9(11)13/h8,12H,2-7H2,1H3. The first-order valence-electron chi connectivity index (χ1n) is 5.15. The quantitative estimate of drug-likeness (QED) is 0.681. The maximum atomic E-state index is 11.7. The lowest BCUT2D eigenvalue weighted by Gasteiger charge is -2.34. The fourth-order valence-electron chi connectivity index (χ4n) is 2.29. The zero-order chi connectivity index (χ0) is 10.2. The minimum atomic E-state index is -0.124. The number of rotatable bonds is 2. The molecule has 2 aliphatic heterocycles.